The molecule has 0 aliphatic heterocycles. The zero-order valence-corrected chi connectivity index (χ0v) is 13.7. The van der Waals surface area contributed by atoms with E-state index in [2.05, 4.69) is 5.32 Å². The lowest BCUT2D eigenvalue weighted by Gasteiger charge is -2.08. The van der Waals surface area contributed by atoms with Crippen molar-refractivity contribution < 1.29 is 9.18 Å². The largest absolute Gasteiger partial charge is 0.351 e. The maximum atomic E-state index is 13.4. The van der Waals surface area contributed by atoms with Gasteiger partial charge in [-0.1, -0.05) is 35.9 Å². The standard InChI is InChI=1S/C18H20FNOS/c1-13-7-8-16(14(2)11-13)18(21)20-9-10-22-12-15-5-3-4-6-17(15)19/h3-8,11H,9-10,12H2,1-2H3,(H,20,21). The number of aryl methyl sites for hydroxylation is 2. The molecule has 0 saturated heterocycles. The van der Waals surface area contributed by atoms with Gasteiger partial charge in [0.05, 0.1) is 0 Å². The molecule has 0 spiro atoms. The molecule has 0 aliphatic rings. The van der Waals surface area contributed by atoms with Crippen molar-refractivity contribution in [3.8, 4) is 0 Å². The molecule has 2 rings (SSSR count). The van der Waals surface area contributed by atoms with E-state index < -0.39 is 0 Å². The van der Waals surface area contributed by atoms with Crippen LogP contribution in [0.1, 0.15) is 27.0 Å². The summed E-state index contributed by atoms with van der Waals surface area (Å²) in [6, 6.07) is 12.6. The van der Waals surface area contributed by atoms with Crippen LogP contribution in [-0.4, -0.2) is 18.2 Å². The number of halogens is 1. The zero-order chi connectivity index (χ0) is 15.9. The number of amides is 1. The molecule has 0 radical (unpaired) electrons. The maximum absolute atomic E-state index is 13.4. The van der Waals surface area contributed by atoms with Gasteiger partial charge in [-0.3, -0.25) is 4.79 Å². The molecule has 0 bridgehead atoms. The number of benzene rings is 2. The van der Waals surface area contributed by atoms with E-state index in [1.165, 1.54) is 6.07 Å². The first-order chi connectivity index (χ1) is 10.6. The molecular formula is C18H20FNOS. The summed E-state index contributed by atoms with van der Waals surface area (Å²) in [7, 11) is 0. The monoisotopic (exact) mass is 317 g/mol. The van der Waals surface area contributed by atoms with E-state index in [9.17, 15) is 9.18 Å². The Morgan fingerprint density at radius 2 is 1.95 bits per heavy atom. The predicted octanol–water partition coefficient (Wildman–Crippen LogP) is 4.11. The van der Waals surface area contributed by atoms with E-state index in [1.807, 2.05) is 38.1 Å². The summed E-state index contributed by atoms with van der Waals surface area (Å²) in [5.74, 6) is 1.15. The van der Waals surface area contributed by atoms with Gasteiger partial charge in [0.2, 0.25) is 0 Å². The second kappa shape index (κ2) is 7.99. The molecule has 22 heavy (non-hydrogen) atoms. The van der Waals surface area contributed by atoms with E-state index in [4.69, 9.17) is 0 Å². The molecule has 0 aromatic heterocycles. The highest BCUT2D eigenvalue weighted by atomic mass is 32.2. The molecule has 1 N–H and O–H groups in total. The highest BCUT2D eigenvalue weighted by Gasteiger charge is 2.08. The third kappa shape index (κ3) is 4.60. The van der Waals surface area contributed by atoms with Crippen molar-refractivity contribution in [3.63, 3.8) is 0 Å². The fourth-order valence-electron chi connectivity index (χ4n) is 2.20. The minimum absolute atomic E-state index is 0.0519. The highest BCUT2D eigenvalue weighted by molar-refractivity contribution is 7.98. The molecule has 2 aromatic carbocycles. The summed E-state index contributed by atoms with van der Waals surface area (Å²) in [5.41, 5.74) is 3.55. The first-order valence-electron chi connectivity index (χ1n) is 7.24. The van der Waals surface area contributed by atoms with Gasteiger partial charge in [0.15, 0.2) is 0 Å². The fraction of sp³-hybridized carbons (Fsp3) is 0.278. The third-order valence-electron chi connectivity index (χ3n) is 3.37. The Balaban J connectivity index is 1.75. The van der Waals surface area contributed by atoms with E-state index in [1.54, 1.807) is 23.9 Å². The number of thioether (sulfide) groups is 1. The van der Waals surface area contributed by atoms with Crippen molar-refractivity contribution in [2.45, 2.75) is 19.6 Å². The average molecular weight is 317 g/mol. The zero-order valence-electron chi connectivity index (χ0n) is 12.9. The molecule has 2 nitrogen and oxygen atoms in total. The second-order valence-electron chi connectivity index (χ2n) is 5.22. The van der Waals surface area contributed by atoms with Crippen molar-refractivity contribution in [1.82, 2.24) is 5.32 Å². The average Bonchev–Trinajstić information content (AvgIpc) is 2.48. The molecule has 116 valence electrons. The Hall–Kier alpha value is -1.81. The quantitative estimate of drug-likeness (QED) is 0.813. The van der Waals surface area contributed by atoms with Crippen LogP contribution in [0.25, 0.3) is 0 Å². The van der Waals surface area contributed by atoms with E-state index in [0.29, 0.717) is 23.4 Å². The van der Waals surface area contributed by atoms with Gasteiger partial charge >= 0.3 is 0 Å². The van der Waals surface area contributed by atoms with Gasteiger partial charge in [-0.05, 0) is 37.1 Å². The van der Waals surface area contributed by atoms with Crippen LogP contribution in [0, 0.1) is 19.7 Å². The Bertz CT molecular complexity index is 657. The van der Waals surface area contributed by atoms with Crippen LogP contribution in [0.3, 0.4) is 0 Å². The minimum Gasteiger partial charge on any atom is -0.351 e. The number of hydrogen-bond donors (Lipinski definition) is 1. The van der Waals surface area contributed by atoms with Crippen LogP contribution in [0.2, 0.25) is 0 Å². The molecule has 0 saturated carbocycles. The first-order valence-corrected chi connectivity index (χ1v) is 8.40. The Morgan fingerprint density at radius 3 is 2.68 bits per heavy atom. The SMILES string of the molecule is Cc1ccc(C(=O)NCCSCc2ccccc2F)c(C)c1. The number of rotatable bonds is 6. The van der Waals surface area contributed by atoms with Crippen LogP contribution >= 0.6 is 11.8 Å². The predicted molar refractivity (Wildman–Crippen MR) is 90.8 cm³/mol. The van der Waals surface area contributed by atoms with Gasteiger partial charge in [0.1, 0.15) is 5.82 Å². The summed E-state index contributed by atoms with van der Waals surface area (Å²) in [4.78, 5) is 12.1. The number of hydrogen-bond acceptors (Lipinski definition) is 2. The fourth-order valence-corrected chi connectivity index (χ4v) is 3.04. The van der Waals surface area contributed by atoms with Gasteiger partial charge in [-0.15, -0.1) is 0 Å². The van der Waals surface area contributed by atoms with Gasteiger partial charge in [0.25, 0.3) is 5.91 Å². The first kappa shape index (κ1) is 16.6. The van der Waals surface area contributed by atoms with Gasteiger partial charge in [-0.25, -0.2) is 4.39 Å². The van der Waals surface area contributed by atoms with Crippen molar-refractivity contribution in [2.24, 2.45) is 0 Å². The summed E-state index contributed by atoms with van der Waals surface area (Å²) in [5, 5.41) is 2.91. The lowest BCUT2D eigenvalue weighted by atomic mass is 10.1. The maximum Gasteiger partial charge on any atom is 0.251 e. The Labute approximate surface area is 135 Å². The van der Waals surface area contributed by atoms with Crippen molar-refractivity contribution >= 4 is 17.7 Å². The van der Waals surface area contributed by atoms with E-state index >= 15 is 0 Å². The Morgan fingerprint density at radius 1 is 1.18 bits per heavy atom. The van der Waals surface area contributed by atoms with Gasteiger partial charge in [0, 0.05) is 23.6 Å². The summed E-state index contributed by atoms with van der Waals surface area (Å²) in [6.45, 7) is 4.52. The smallest absolute Gasteiger partial charge is 0.251 e. The molecule has 0 fully saturated rings. The van der Waals surface area contributed by atoms with Gasteiger partial charge < -0.3 is 5.32 Å². The van der Waals surface area contributed by atoms with E-state index in [0.717, 1.165) is 16.9 Å². The molecule has 0 aliphatic carbocycles. The second-order valence-corrected chi connectivity index (χ2v) is 6.32. The third-order valence-corrected chi connectivity index (χ3v) is 4.38. The normalized spacial score (nSPS) is 10.5. The van der Waals surface area contributed by atoms with E-state index in [-0.39, 0.29) is 11.7 Å². The van der Waals surface area contributed by atoms with Crippen LogP contribution in [-0.2, 0) is 5.75 Å². The molecule has 1 amide bonds. The minimum atomic E-state index is -0.172. The number of carbonyl (C=O) groups is 1. The Kier molecular flexibility index (Phi) is 6.01. The molecule has 2 aromatic rings. The van der Waals surface area contributed by atoms with Crippen LogP contribution in [0.15, 0.2) is 42.5 Å². The van der Waals surface area contributed by atoms with Crippen LogP contribution in [0.4, 0.5) is 4.39 Å². The van der Waals surface area contributed by atoms with Gasteiger partial charge in [-0.2, -0.15) is 11.8 Å². The molecule has 0 atom stereocenters. The van der Waals surface area contributed by atoms with Crippen molar-refractivity contribution in [1.29, 1.82) is 0 Å². The molecule has 0 heterocycles. The highest BCUT2D eigenvalue weighted by Crippen LogP contribution is 2.15. The molecule has 0 unspecified atom stereocenters. The van der Waals surface area contributed by atoms with Crippen molar-refractivity contribution in [2.75, 3.05) is 12.3 Å². The van der Waals surface area contributed by atoms with Crippen molar-refractivity contribution in [3.05, 3.63) is 70.5 Å². The molecule has 4 heteroatoms. The number of carbonyl (C=O) groups excluding carboxylic acids is 1. The molecular weight excluding hydrogens is 297 g/mol. The summed E-state index contributed by atoms with van der Waals surface area (Å²) >= 11 is 1.61. The lowest BCUT2D eigenvalue weighted by Crippen LogP contribution is -2.26. The summed E-state index contributed by atoms with van der Waals surface area (Å²) in [6.07, 6.45) is 0. The topological polar surface area (TPSA) is 29.1 Å². The number of nitrogens with one attached hydrogen (secondary N) is 1. The lowest BCUT2D eigenvalue weighted by molar-refractivity contribution is 0.0955. The summed E-state index contributed by atoms with van der Waals surface area (Å²) < 4.78 is 13.4. The van der Waals surface area contributed by atoms with Crippen LogP contribution in [0.5, 0.6) is 0 Å². The van der Waals surface area contributed by atoms with Crippen LogP contribution < -0.4 is 5.32 Å².